The maximum atomic E-state index is 15.2. The van der Waals surface area contributed by atoms with Crippen molar-refractivity contribution < 1.29 is 13.9 Å². The summed E-state index contributed by atoms with van der Waals surface area (Å²) in [6, 6.07) is 3.27. The van der Waals surface area contributed by atoms with Crippen LogP contribution in [0.15, 0.2) is 18.3 Å². The molecule has 190 valence electrons. The van der Waals surface area contributed by atoms with Gasteiger partial charge in [0.05, 0.1) is 40.8 Å². The number of likely N-dealkylation sites (N-methyl/N-ethyl adjacent to an activating group) is 1. The highest BCUT2D eigenvalue weighted by molar-refractivity contribution is 5.93. The quantitative estimate of drug-likeness (QED) is 0.451. The second-order valence-electron chi connectivity index (χ2n) is 9.25. The molecule has 4 heterocycles. The molecular formula is C26H32FN7O2. The summed E-state index contributed by atoms with van der Waals surface area (Å²) in [5.41, 5.74) is 4.33. The molecule has 1 unspecified atom stereocenters. The first kappa shape index (κ1) is 24.1. The average molecular weight is 494 g/mol. The van der Waals surface area contributed by atoms with Gasteiger partial charge in [-0.25, -0.2) is 9.07 Å². The van der Waals surface area contributed by atoms with Gasteiger partial charge in [0.15, 0.2) is 0 Å². The number of hydrogen-bond acceptors (Lipinski definition) is 6. The number of aromatic amines is 1. The average Bonchev–Trinajstić information content (AvgIpc) is 3.48. The van der Waals surface area contributed by atoms with E-state index < -0.39 is 0 Å². The number of hydrogen-bond donors (Lipinski definition) is 1. The molecule has 10 heteroatoms. The van der Waals surface area contributed by atoms with Gasteiger partial charge in [0.2, 0.25) is 11.8 Å². The van der Waals surface area contributed by atoms with Crippen LogP contribution >= 0.6 is 0 Å². The van der Waals surface area contributed by atoms with Gasteiger partial charge in [-0.15, -0.1) is 5.10 Å². The molecule has 0 saturated carbocycles. The maximum Gasteiger partial charge on any atom is 0.240 e. The van der Waals surface area contributed by atoms with Crippen LogP contribution in [-0.4, -0.2) is 61.0 Å². The number of nitrogens with zero attached hydrogens (tertiary/aromatic N) is 6. The molecule has 0 aliphatic carbocycles. The topological polar surface area (TPSA) is 86.0 Å². The summed E-state index contributed by atoms with van der Waals surface area (Å²) in [6.45, 7) is 8.71. The van der Waals surface area contributed by atoms with Crippen molar-refractivity contribution in [1.29, 1.82) is 0 Å². The molecule has 1 aliphatic rings. The first-order valence-corrected chi connectivity index (χ1v) is 12.3. The maximum absolute atomic E-state index is 15.2. The monoisotopic (exact) mass is 493 g/mol. The number of nitrogens with one attached hydrogen (secondary N) is 1. The van der Waals surface area contributed by atoms with Crippen molar-refractivity contribution in [3.05, 3.63) is 41.1 Å². The van der Waals surface area contributed by atoms with E-state index in [1.165, 1.54) is 6.07 Å². The molecule has 1 N–H and O–H groups in total. The van der Waals surface area contributed by atoms with Crippen molar-refractivity contribution in [3.63, 3.8) is 0 Å². The van der Waals surface area contributed by atoms with E-state index in [1.807, 2.05) is 30.7 Å². The van der Waals surface area contributed by atoms with E-state index >= 15 is 4.39 Å². The molecule has 0 amide bonds. The van der Waals surface area contributed by atoms with Crippen LogP contribution in [0.2, 0.25) is 0 Å². The van der Waals surface area contributed by atoms with E-state index in [9.17, 15) is 0 Å². The lowest BCUT2D eigenvalue weighted by atomic mass is 10.0. The predicted molar refractivity (Wildman–Crippen MR) is 137 cm³/mol. The Morgan fingerprint density at radius 1 is 1.19 bits per heavy atom. The third-order valence-electron chi connectivity index (χ3n) is 6.34. The van der Waals surface area contributed by atoms with Crippen molar-refractivity contribution in [1.82, 2.24) is 34.7 Å². The second-order valence-corrected chi connectivity index (χ2v) is 9.25. The van der Waals surface area contributed by atoms with E-state index in [1.54, 1.807) is 24.0 Å². The van der Waals surface area contributed by atoms with E-state index in [2.05, 4.69) is 34.2 Å². The zero-order chi connectivity index (χ0) is 25.4. The first-order chi connectivity index (χ1) is 17.4. The Bertz CT molecular complexity index is 1420. The number of benzene rings is 1. The molecular weight excluding hydrogens is 461 g/mol. The van der Waals surface area contributed by atoms with Gasteiger partial charge in [-0.1, -0.05) is 6.92 Å². The normalized spacial score (nSPS) is 17.3. The summed E-state index contributed by atoms with van der Waals surface area (Å²) in [6.07, 6.45) is 6.36. The summed E-state index contributed by atoms with van der Waals surface area (Å²) >= 11 is 0. The van der Waals surface area contributed by atoms with Crippen LogP contribution in [0.25, 0.3) is 34.2 Å². The lowest BCUT2D eigenvalue weighted by Crippen LogP contribution is -2.32. The smallest absolute Gasteiger partial charge is 0.240 e. The van der Waals surface area contributed by atoms with E-state index in [-0.39, 0.29) is 11.9 Å². The third kappa shape index (κ3) is 4.37. The fourth-order valence-corrected chi connectivity index (χ4v) is 4.75. The fraction of sp³-hybridized carbons (Fsp3) is 0.423. The lowest BCUT2D eigenvalue weighted by Gasteiger charge is -2.23. The molecule has 1 atom stereocenters. The molecule has 5 rings (SSSR count). The fourth-order valence-electron chi connectivity index (χ4n) is 4.75. The highest BCUT2D eigenvalue weighted by Gasteiger charge is 2.23. The second kappa shape index (κ2) is 9.77. The Hall–Kier alpha value is -3.66. The molecule has 0 spiro atoms. The number of aromatic nitrogens is 6. The van der Waals surface area contributed by atoms with E-state index in [4.69, 9.17) is 14.6 Å². The van der Waals surface area contributed by atoms with Crippen LogP contribution in [0.1, 0.15) is 44.1 Å². The van der Waals surface area contributed by atoms with Gasteiger partial charge >= 0.3 is 0 Å². The number of H-pyrrole nitrogens is 1. The number of halogens is 1. The van der Waals surface area contributed by atoms with Gasteiger partial charge in [0, 0.05) is 43.7 Å². The molecule has 1 aliphatic heterocycles. The highest BCUT2D eigenvalue weighted by atomic mass is 19.1. The Morgan fingerprint density at radius 3 is 2.81 bits per heavy atom. The van der Waals surface area contributed by atoms with E-state index in [0.29, 0.717) is 53.8 Å². The molecule has 1 aromatic carbocycles. The molecule has 3 aromatic heterocycles. The minimum absolute atomic E-state index is 0.168. The Labute approximate surface area is 209 Å². The molecule has 2 bridgehead atoms. The molecule has 9 nitrogen and oxygen atoms in total. The van der Waals surface area contributed by atoms with Gasteiger partial charge in [-0.2, -0.15) is 10.2 Å². The van der Waals surface area contributed by atoms with E-state index in [0.717, 1.165) is 29.6 Å². The predicted octanol–water partition coefficient (Wildman–Crippen LogP) is 4.49. The molecule has 36 heavy (non-hydrogen) atoms. The van der Waals surface area contributed by atoms with Crippen molar-refractivity contribution in [2.75, 3.05) is 20.2 Å². The highest BCUT2D eigenvalue weighted by Crippen LogP contribution is 2.36. The number of ether oxygens (including phenoxy) is 2. The van der Waals surface area contributed by atoms with Crippen LogP contribution in [-0.2, 0) is 20.1 Å². The largest absolute Gasteiger partial charge is 0.476 e. The van der Waals surface area contributed by atoms with Gasteiger partial charge in [0.25, 0.3) is 0 Å². The van der Waals surface area contributed by atoms with Crippen LogP contribution in [0, 0.1) is 5.82 Å². The van der Waals surface area contributed by atoms with Crippen LogP contribution in [0.4, 0.5) is 4.39 Å². The zero-order valence-electron chi connectivity index (χ0n) is 21.4. The molecule has 0 fully saturated rings. The van der Waals surface area contributed by atoms with Gasteiger partial charge in [-0.05, 0) is 45.5 Å². The van der Waals surface area contributed by atoms with Gasteiger partial charge in [0.1, 0.15) is 11.9 Å². The van der Waals surface area contributed by atoms with Gasteiger partial charge < -0.3 is 9.47 Å². The summed E-state index contributed by atoms with van der Waals surface area (Å²) in [7, 11) is 3.86. The van der Waals surface area contributed by atoms with Gasteiger partial charge in [-0.3, -0.25) is 14.7 Å². The minimum Gasteiger partial charge on any atom is -0.476 e. The summed E-state index contributed by atoms with van der Waals surface area (Å²) in [5, 5.41) is 17.3. The van der Waals surface area contributed by atoms with Crippen molar-refractivity contribution >= 4 is 23.1 Å². The Balaban J connectivity index is 1.71. The van der Waals surface area contributed by atoms with Crippen molar-refractivity contribution in [3.8, 4) is 22.9 Å². The van der Waals surface area contributed by atoms with Crippen LogP contribution < -0.4 is 9.47 Å². The van der Waals surface area contributed by atoms with Crippen LogP contribution in [0.5, 0.6) is 11.8 Å². The van der Waals surface area contributed by atoms with Crippen molar-refractivity contribution in [2.24, 2.45) is 7.05 Å². The molecule has 4 aromatic rings. The van der Waals surface area contributed by atoms with Crippen molar-refractivity contribution in [2.45, 2.75) is 46.4 Å². The number of fused-ring (bicyclic) bond motifs is 4. The summed E-state index contributed by atoms with van der Waals surface area (Å²) in [5.74, 6) is 0.764. The summed E-state index contributed by atoms with van der Waals surface area (Å²) < 4.78 is 31.2. The molecule has 0 radical (unpaired) electrons. The number of rotatable bonds is 4. The SMILES string of the molecule is CCCn1nc(OCC)c2c1CN(C)CC(C)Oc1c(cnn1C)-c1cc3c(n[nH]c3cc1F)/C=C/2. The summed E-state index contributed by atoms with van der Waals surface area (Å²) in [4.78, 5) is 2.20. The van der Waals surface area contributed by atoms with Crippen LogP contribution in [0.3, 0.4) is 0 Å². The third-order valence-corrected chi connectivity index (χ3v) is 6.34. The Kier molecular flexibility index (Phi) is 6.53. The minimum atomic E-state index is -0.365. The lowest BCUT2D eigenvalue weighted by molar-refractivity contribution is 0.147. The standard InChI is InChI=1S/C26H32FN7O2/c1-6-10-34-24-15-32(4)14-16(3)36-26-20(13-28-33(26)5)18-11-19-22(29-30-23(19)12-21(18)27)9-8-17(24)25(31-34)35-7-2/h8-9,11-13,16H,6-7,10,14-15H2,1-5H3,(H,29,30)/b9-8+. The number of aryl methyl sites for hydroxylation is 2. The zero-order valence-corrected chi connectivity index (χ0v) is 21.4. The molecule has 0 saturated heterocycles. The Morgan fingerprint density at radius 2 is 2.03 bits per heavy atom. The first-order valence-electron chi connectivity index (χ1n) is 12.3.